The monoisotopic (exact) mass is 359 g/mol. The number of hydrogen-bond acceptors (Lipinski definition) is 5. The van der Waals surface area contributed by atoms with E-state index in [2.05, 4.69) is 0 Å². The van der Waals surface area contributed by atoms with Crippen molar-refractivity contribution in [3.63, 3.8) is 0 Å². The molecular formula is C18H21N3O3S. The summed E-state index contributed by atoms with van der Waals surface area (Å²) in [5.41, 5.74) is 1.71. The number of amides is 1. The molecule has 0 radical (unpaired) electrons. The Labute approximate surface area is 151 Å². The number of rotatable bonds is 6. The number of carbonyl (C=O) groups is 1. The second kappa shape index (κ2) is 8.02. The first kappa shape index (κ1) is 18.8. The van der Waals surface area contributed by atoms with Gasteiger partial charge in [-0.1, -0.05) is 12.1 Å². The molecule has 2 rings (SSSR count). The van der Waals surface area contributed by atoms with Crippen molar-refractivity contribution in [2.45, 2.75) is 11.4 Å². The number of carbonyl (C=O) groups excluding carboxylic acids is 1. The molecule has 6 nitrogen and oxygen atoms in total. The topological polar surface area (TPSA) is 66.7 Å². The van der Waals surface area contributed by atoms with E-state index in [1.807, 2.05) is 30.5 Å². The Morgan fingerprint density at radius 3 is 2.28 bits per heavy atom. The Kier molecular flexibility index (Phi) is 6.03. The highest BCUT2D eigenvalue weighted by Gasteiger charge is 2.20. The summed E-state index contributed by atoms with van der Waals surface area (Å²) in [5, 5.41) is 11.3. The number of thioether (sulfide) groups is 1. The van der Waals surface area contributed by atoms with Crippen LogP contribution in [-0.2, 0) is 6.54 Å². The smallest absolute Gasteiger partial charge is 0.293 e. The Hall–Kier alpha value is -2.54. The van der Waals surface area contributed by atoms with Gasteiger partial charge in [-0.25, -0.2) is 0 Å². The van der Waals surface area contributed by atoms with E-state index < -0.39 is 4.92 Å². The predicted molar refractivity (Wildman–Crippen MR) is 101 cm³/mol. The Bertz CT molecular complexity index is 776. The molecule has 25 heavy (non-hydrogen) atoms. The minimum Gasteiger partial charge on any atom is -0.372 e. The third kappa shape index (κ3) is 4.51. The highest BCUT2D eigenvalue weighted by Crippen LogP contribution is 2.28. The van der Waals surface area contributed by atoms with E-state index in [-0.39, 0.29) is 11.6 Å². The van der Waals surface area contributed by atoms with Crippen LogP contribution in [0.2, 0.25) is 0 Å². The summed E-state index contributed by atoms with van der Waals surface area (Å²) in [6, 6.07) is 12.5. The van der Waals surface area contributed by atoms with Crippen molar-refractivity contribution in [1.82, 2.24) is 4.90 Å². The summed E-state index contributed by atoms with van der Waals surface area (Å²) < 4.78 is 0. The van der Waals surface area contributed by atoms with Crippen LogP contribution in [0, 0.1) is 10.1 Å². The van der Waals surface area contributed by atoms with Gasteiger partial charge in [-0.3, -0.25) is 14.9 Å². The van der Waals surface area contributed by atoms with Crippen LogP contribution in [0.4, 0.5) is 11.4 Å². The van der Waals surface area contributed by atoms with Gasteiger partial charge in [0, 0.05) is 44.2 Å². The van der Waals surface area contributed by atoms with Crippen molar-refractivity contribution >= 4 is 29.0 Å². The molecule has 132 valence electrons. The van der Waals surface area contributed by atoms with Crippen LogP contribution in [0.25, 0.3) is 0 Å². The minimum atomic E-state index is -0.465. The molecule has 0 N–H and O–H groups in total. The first-order valence-corrected chi connectivity index (χ1v) is 8.90. The lowest BCUT2D eigenvalue weighted by molar-refractivity contribution is -0.384. The van der Waals surface area contributed by atoms with Crippen LogP contribution in [-0.4, -0.2) is 43.1 Å². The Balaban J connectivity index is 2.20. The largest absolute Gasteiger partial charge is 0.372 e. The van der Waals surface area contributed by atoms with E-state index in [0.29, 0.717) is 17.8 Å². The van der Waals surface area contributed by atoms with Crippen LogP contribution in [0.5, 0.6) is 0 Å². The summed E-state index contributed by atoms with van der Waals surface area (Å²) in [5.74, 6) is -0.248. The molecule has 0 spiro atoms. The summed E-state index contributed by atoms with van der Waals surface area (Å²) >= 11 is 1.66. The van der Waals surface area contributed by atoms with E-state index >= 15 is 0 Å². The van der Waals surface area contributed by atoms with E-state index in [1.54, 1.807) is 54.8 Å². The molecule has 0 unspecified atom stereocenters. The van der Waals surface area contributed by atoms with Crippen molar-refractivity contribution in [2.24, 2.45) is 0 Å². The summed E-state index contributed by atoms with van der Waals surface area (Å²) in [4.78, 5) is 27.8. The average Bonchev–Trinajstić information content (AvgIpc) is 2.60. The zero-order valence-electron chi connectivity index (χ0n) is 14.7. The van der Waals surface area contributed by atoms with Crippen LogP contribution in [0.3, 0.4) is 0 Å². The van der Waals surface area contributed by atoms with E-state index in [9.17, 15) is 14.9 Å². The molecule has 7 heteroatoms. The van der Waals surface area contributed by atoms with Crippen molar-refractivity contribution in [1.29, 1.82) is 0 Å². The zero-order valence-corrected chi connectivity index (χ0v) is 15.5. The lowest BCUT2D eigenvalue weighted by Gasteiger charge is -2.18. The van der Waals surface area contributed by atoms with Crippen LogP contribution in [0.1, 0.15) is 15.9 Å². The quantitative estimate of drug-likeness (QED) is 0.447. The maximum absolute atomic E-state index is 12.6. The van der Waals surface area contributed by atoms with Gasteiger partial charge >= 0.3 is 0 Å². The molecule has 0 bridgehead atoms. The number of hydrogen-bond donors (Lipinski definition) is 0. The van der Waals surface area contributed by atoms with Gasteiger partial charge < -0.3 is 9.80 Å². The van der Waals surface area contributed by atoms with Gasteiger partial charge in [0.1, 0.15) is 5.69 Å². The fourth-order valence-corrected chi connectivity index (χ4v) is 2.89. The second-order valence-corrected chi connectivity index (χ2v) is 6.74. The van der Waals surface area contributed by atoms with Gasteiger partial charge in [0.05, 0.1) is 4.92 Å². The summed E-state index contributed by atoms with van der Waals surface area (Å²) in [6.07, 6.45) is 2.01. The molecule has 0 aliphatic carbocycles. The SMILES string of the molecule is CSc1ccc(CN(C)C(=O)c2ccc(N(C)C)c([N+](=O)[O-])c2)cc1. The van der Waals surface area contributed by atoms with Gasteiger partial charge in [0.15, 0.2) is 0 Å². The Morgan fingerprint density at radius 2 is 1.76 bits per heavy atom. The lowest BCUT2D eigenvalue weighted by Crippen LogP contribution is -2.26. The minimum absolute atomic E-state index is 0.0754. The molecule has 0 aromatic heterocycles. The van der Waals surface area contributed by atoms with E-state index in [4.69, 9.17) is 0 Å². The van der Waals surface area contributed by atoms with Gasteiger partial charge in [0.2, 0.25) is 0 Å². The molecule has 0 fully saturated rings. The Morgan fingerprint density at radius 1 is 1.12 bits per heavy atom. The third-order valence-corrected chi connectivity index (χ3v) is 4.57. The standard InChI is InChI=1S/C18H21N3O3S/c1-19(2)16-10-7-14(11-17(16)21(23)24)18(22)20(3)12-13-5-8-15(25-4)9-6-13/h5-11H,12H2,1-4H3. The molecule has 0 aliphatic rings. The third-order valence-electron chi connectivity index (χ3n) is 3.83. The van der Waals surface area contributed by atoms with Crippen molar-refractivity contribution in [3.05, 3.63) is 63.7 Å². The second-order valence-electron chi connectivity index (χ2n) is 5.86. The highest BCUT2D eigenvalue weighted by molar-refractivity contribution is 7.98. The number of nitrogens with zero attached hydrogens (tertiary/aromatic N) is 3. The van der Waals surface area contributed by atoms with Gasteiger partial charge in [-0.05, 0) is 36.1 Å². The first-order chi connectivity index (χ1) is 11.8. The summed E-state index contributed by atoms with van der Waals surface area (Å²) in [6.45, 7) is 0.441. The molecular weight excluding hydrogens is 338 g/mol. The van der Waals surface area contributed by atoms with Crippen LogP contribution < -0.4 is 4.90 Å². The molecule has 0 saturated heterocycles. The van der Waals surface area contributed by atoms with Crippen LogP contribution in [0.15, 0.2) is 47.4 Å². The molecule has 0 saturated carbocycles. The van der Waals surface area contributed by atoms with Gasteiger partial charge in [-0.15, -0.1) is 11.8 Å². The molecule has 0 aliphatic heterocycles. The normalized spacial score (nSPS) is 10.4. The number of nitro groups is 1. The van der Waals surface area contributed by atoms with E-state index in [0.717, 1.165) is 10.5 Å². The highest BCUT2D eigenvalue weighted by atomic mass is 32.2. The molecule has 0 heterocycles. The fourth-order valence-electron chi connectivity index (χ4n) is 2.48. The van der Waals surface area contributed by atoms with Crippen molar-refractivity contribution in [3.8, 4) is 0 Å². The maximum atomic E-state index is 12.6. The molecule has 2 aromatic rings. The summed E-state index contributed by atoms with van der Waals surface area (Å²) in [7, 11) is 5.15. The van der Waals surface area contributed by atoms with E-state index in [1.165, 1.54) is 6.07 Å². The first-order valence-electron chi connectivity index (χ1n) is 7.67. The average molecular weight is 359 g/mol. The molecule has 0 atom stereocenters. The predicted octanol–water partition coefficient (Wildman–Crippen LogP) is 3.65. The number of nitro benzene ring substituents is 1. The maximum Gasteiger partial charge on any atom is 0.293 e. The van der Waals surface area contributed by atoms with Crippen molar-refractivity contribution < 1.29 is 9.72 Å². The van der Waals surface area contributed by atoms with Gasteiger partial charge in [0.25, 0.3) is 11.6 Å². The van der Waals surface area contributed by atoms with Gasteiger partial charge in [-0.2, -0.15) is 0 Å². The lowest BCUT2D eigenvalue weighted by atomic mass is 10.1. The molecule has 1 amide bonds. The number of benzene rings is 2. The fraction of sp³-hybridized carbons (Fsp3) is 0.278. The van der Waals surface area contributed by atoms with Crippen LogP contribution >= 0.6 is 11.8 Å². The zero-order chi connectivity index (χ0) is 18.6. The van der Waals surface area contributed by atoms with Crippen molar-refractivity contribution in [2.75, 3.05) is 32.3 Å². The molecule has 2 aromatic carbocycles. The number of anilines is 1.